The van der Waals surface area contributed by atoms with Crippen molar-refractivity contribution in [2.24, 2.45) is 0 Å². The lowest BCUT2D eigenvalue weighted by Crippen LogP contribution is -2.34. The van der Waals surface area contributed by atoms with Gasteiger partial charge in [0.2, 0.25) is 15.9 Å². The van der Waals surface area contributed by atoms with Gasteiger partial charge in [-0.25, -0.2) is 13.1 Å². The molecule has 0 saturated heterocycles. The van der Waals surface area contributed by atoms with Gasteiger partial charge in [-0.1, -0.05) is 46.3 Å². The van der Waals surface area contributed by atoms with Crippen LogP contribution in [0, 0.1) is 0 Å². The fraction of sp³-hybridized carbons (Fsp3) is 0.278. The average molecular weight is 425 g/mol. The van der Waals surface area contributed by atoms with E-state index >= 15 is 0 Å². The minimum atomic E-state index is -3.61. The van der Waals surface area contributed by atoms with Crippen LogP contribution in [0.25, 0.3) is 0 Å². The van der Waals surface area contributed by atoms with Gasteiger partial charge in [0.1, 0.15) is 0 Å². The van der Waals surface area contributed by atoms with Crippen LogP contribution in [0.5, 0.6) is 0 Å². The molecule has 0 heterocycles. The summed E-state index contributed by atoms with van der Waals surface area (Å²) in [4.78, 5) is 14.2. The van der Waals surface area contributed by atoms with Crippen molar-refractivity contribution in [3.05, 3.63) is 64.6 Å². The Kier molecular flexibility index (Phi) is 7.16. The molecule has 2 rings (SSSR count). The number of halogens is 1. The van der Waals surface area contributed by atoms with E-state index in [1.54, 1.807) is 17.0 Å². The summed E-state index contributed by atoms with van der Waals surface area (Å²) in [6.45, 7) is 3.08. The molecule has 0 aliphatic rings. The van der Waals surface area contributed by atoms with Gasteiger partial charge in [-0.2, -0.15) is 0 Å². The number of hydrogen-bond acceptors (Lipinski definition) is 3. The van der Waals surface area contributed by atoms with Crippen LogP contribution in [0.15, 0.2) is 64.0 Å². The molecule has 2 aromatic carbocycles. The molecule has 0 atom stereocenters. The summed E-state index contributed by atoms with van der Waals surface area (Å²) in [6, 6.07) is 16.1. The second kappa shape index (κ2) is 9.12. The lowest BCUT2D eigenvalue weighted by Gasteiger charge is -2.21. The molecule has 5 nitrogen and oxygen atoms in total. The van der Waals surface area contributed by atoms with Crippen molar-refractivity contribution in [2.75, 3.05) is 13.1 Å². The van der Waals surface area contributed by atoms with Gasteiger partial charge < -0.3 is 4.90 Å². The number of nitrogens with one attached hydrogen (secondary N) is 1. The maximum atomic E-state index is 12.3. The summed E-state index contributed by atoms with van der Waals surface area (Å²) in [5.74, 6) is -0.0788. The summed E-state index contributed by atoms with van der Waals surface area (Å²) in [7, 11) is -3.61. The predicted octanol–water partition coefficient (Wildman–Crippen LogP) is 3.17. The zero-order valence-corrected chi connectivity index (χ0v) is 16.4. The monoisotopic (exact) mass is 424 g/mol. The van der Waals surface area contributed by atoms with E-state index in [1.165, 1.54) is 12.1 Å². The van der Waals surface area contributed by atoms with Crippen molar-refractivity contribution in [3.63, 3.8) is 0 Å². The largest absolute Gasteiger partial charge is 0.339 e. The van der Waals surface area contributed by atoms with Gasteiger partial charge in [-0.05, 0) is 36.8 Å². The number of sulfonamides is 1. The molecule has 0 fully saturated rings. The Balaban J connectivity index is 1.89. The molecule has 0 bridgehead atoms. The summed E-state index contributed by atoms with van der Waals surface area (Å²) in [5.41, 5.74) is 1.05. The minimum absolute atomic E-state index is 0.0719. The van der Waals surface area contributed by atoms with Crippen LogP contribution in [0.3, 0.4) is 0 Å². The average Bonchev–Trinajstić information content (AvgIpc) is 2.60. The first-order valence-corrected chi connectivity index (χ1v) is 10.3. The van der Waals surface area contributed by atoms with E-state index in [-0.39, 0.29) is 23.8 Å². The van der Waals surface area contributed by atoms with Crippen LogP contribution in [0.4, 0.5) is 0 Å². The fourth-order valence-electron chi connectivity index (χ4n) is 2.33. The van der Waals surface area contributed by atoms with Crippen LogP contribution in [-0.4, -0.2) is 32.3 Å². The first kappa shape index (κ1) is 19.6. The molecule has 0 spiro atoms. The van der Waals surface area contributed by atoms with E-state index in [0.717, 1.165) is 10.0 Å². The molecule has 2 aromatic rings. The molecule has 25 heavy (non-hydrogen) atoms. The molecular formula is C18H21BrN2O3S. The van der Waals surface area contributed by atoms with Crippen molar-refractivity contribution in [3.8, 4) is 0 Å². The van der Waals surface area contributed by atoms with E-state index in [4.69, 9.17) is 0 Å². The van der Waals surface area contributed by atoms with Gasteiger partial charge in [-0.15, -0.1) is 0 Å². The van der Waals surface area contributed by atoms with Crippen LogP contribution >= 0.6 is 15.9 Å². The molecule has 0 aliphatic heterocycles. The molecule has 0 aliphatic carbocycles. The summed E-state index contributed by atoms with van der Waals surface area (Å²) < 4.78 is 27.7. The molecular weight excluding hydrogens is 404 g/mol. The number of nitrogens with zero attached hydrogens (tertiary/aromatic N) is 1. The molecule has 0 unspecified atom stereocenters. The Morgan fingerprint density at radius 3 is 2.32 bits per heavy atom. The number of carbonyl (C=O) groups excluding carboxylic acids is 1. The minimum Gasteiger partial charge on any atom is -0.339 e. The molecule has 1 N–H and O–H groups in total. The summed E-state index contributed by atoms with van der Waals surface area (Å²) >= 11 is 3.27. The Hall–Kier alpha value is -1.70. The predicted molar refractivity (Wildman–Crippen MR) is 101 cm³/mol. The molecule has 134 valence electrons. The highest BCUT2D eigenvalue weighted by Crippen LogP contribution is 2.14. The Morgan fingerprint density at radius 1 is 1.08 bits per heavy atom. The zero-order valence-electron chi connectivity index (χ0n) is 14.0. The van der Waals surface area contributed by atoms with Crippen molar-refractivity contribution >= 4 is 31.9 Å². The van der Waals surface area contributed by atoms with Crippen molar-refractivity contribution in [2.45, 2.75) is 24.8 Å². The van der Waals surface area contributed by atoms with E-state index in [0.29, 0.717) is 13.1 Å². The fourth-order valence-corrected chi connectivity index (χ4v) is 3.62. The topological polar surface area (TPSA) is 66.5 Å². The SMILES string of the molecule is CCN(Cc1ccccc1)C(=O)CCNS(=O)(=O)c1ccc(Br)cc1. The van der Waals surface area contributed by atoms with Crippen LogP contribution < -0.4 is 4.72 Å². The van der Waals surface area contributed by atoms with Crippen molar-refractivity contribution in [1.29, 1.82) is 0 Å². The number of benzene rings is 2. The first-order valence-electron chi connectivity index (χ1n) is 7.99. The third kappa shape index (κ3) is 5.95. The summed E-state index contributed by atoms with van der Waals surface area (Å²) in [5, 5.41) is 0. The summed E-state index contributed by atoms with van der Waals surface area (Å²) in [6.07, 6.45) is 0.121. The third-order valence-corrected chi connectivity index (χ3v) is 5.71. The van der Waals surface area contributed by atoms with Crippen LogP contribution in [0.2, 0.25) is 0 Å². The Labute approximate surface area is 157 Å². The molecule has 7 heteroatoms. The maximum Gasteiger partial charge on any atom is 0.240 e. The van der Waals surface area contributed by atoms with Gasteiger partial charge in [-0.3, -0.25) is 4.79 Å². The van der Waals surface area contributed by atoms with Crippen LogP contribution in [-0.2, 0) is 21.4 Å². The van der Waals surface area contributed by atoms with Gasteiger partial charge in [0.05, 0.1) is 4.90 Å². The third-order valence-electron chi connectivity index (χ3n) is 3.71. The van der Waals surface area contributed by atoms with Crippen molar-refractivity contribution in [1.82, 2.24) is 9.62 Å². The van der Waals surface area contributed by atoms with Crippen LogP contribution in [0.1, 0.15) is 18.9 Å². The molecule has 0 saturated carbocycles. The lowest BCUT2D eigenvalue weighted by molar-refractivity contribution is -0.131. The normalized spacial score (nSPS) is 11.3. The highest BCUT2D eigenvalue weighted by molar-refractivity contribution is 9.10. The number of carbonyl (C=O) groups is 1. The lowest BCUT2D eigenvalue weighted by atomic mass is 10.2. The number of amides is 1. The highest BCUT2D eigenvalue weighted by atomic mass is 79.9. The quantitative estimate of drug-likeness (QED) is 0.707. The zero-order chi connectivity index (χ0) is 18.3. The first-order chi connectivity index (χ1) is 11.9. The smallest absolute Gasteiger partial charge is 0.240 e. The van der Waals surface area contributed by atoms with Gasteiger partial charge in [0.15, 0.2) is 0 Å². The van der Waals surface area contributed by atoms with E-state index in [9.17, 15) is 13.2 Å². The molecule has 1 amide bonds. The van der Waals surface area contributed by atoms with E-state index in [1.807, 2.05) is 37.3 Å². The van der Waals surface area contributed by atoms with E-state index in [2.05, 4.69) is 20.7 Å². The second-order valence-electron chi connectivity index (χ2n) is 5.50. The second-order valence-corrected chi connectivity index (χ2v) is 8.18. The van der Waals surface area contributed by atoms with Gasteiger partial charge in [0.25, 0.3) is 0 Å². The standard InChI is InChI=1S/C18H21BrN2O3S/c1-2-21(14-15-6-4-3-5-7-15)18(22)12-13-20-25(23,24)17-10-8-16(19)9-11-17/h3-11,20H,2,12-14H2,1H3. The number of rotatable bonds is 8. The highest BCUT2D eigenvalue weighted by Gasteiger charge is 2.16. The molecule has 0 radical (unpaired) electrons. The van der Waals surface area contributed by atoms with E-state index < -0.39 is 10.0 Å². The van der Waals surface area contributed by atoms with Gasteiger partial charge in [0, 0.05) is 30.5 Å². The van der Waals surface area contributed by atoms with Crippen molar-refractivity contribution < 1.29 is 13.2 Å². The van der Waals surface area contributed by atoms with Gasteiger partial charge >= 0.3 is 0 Å². The maximum absolute atomic E-state index is 12.3. The Morgan fingerprint density at radius 2 is 1.72 bits per heavy atom. The Bertz CT molecular complexity index is 793. The molecule has 0 aromatic heterocycles. The number of hydrogen-bond donors (Lipinski definition) is 1.